The fourth-order valence-corrected chi connectivity index (χ4v) is 1.53. The first-order valence-electron chi connectivity index (χ1n) is 6.17. The molecule has 114 valence electrons. The van der Waals surface area contributed by atoms with E-state index in [0.29, 0.717) is 18.0 Å². The highest BCUT2D eigenvalue weighted by Crippen LogP contribution is 2.17. The summed E-state index contributed by atoms with van der Waals surface area (Å²) in [5, 5.41) is 21.9. The number of hydrogen-bond acceptors (Lipinski definition) is 4. The summed E-state index contributed by atoms with van der Waals surface area (Å²) in [5.74, 6) is -2.19. The van der Waals surface area contributed by atoms with Crippen LogP contribution >= 0.6 is 0 Å². The summed E-state index contributed by atoms with van der Waals surface area (Å²) in [6.07, 6.45) is -0.707. The summed E-state index contributed by atoms with van der Waals surface area (Å²) in [4.78, 5) is 33.0. The Labute approximate surface area is 120 Å². The van der Waals surface area contributed by atoms with Crippen molar-refractivity contribution in [3.63, 3.8) is 0 Å². The molecule has 1 unspecified atom stereocenters. The van der Waals surface area contributed by atoms with Gasteiger partial charge in [-0.2, -0.15) is 0 Å². The number of rotatable bonds is 7. The van der Waals surface area contributed by atoms with E-state index in [2.05, 4.69) is 10.6 Å². The number of urea groups is 1. The van der Waals surface area contributed by atoms with Gasteiger partial charge in [0, 0.05) is 11.8 Å². The van der Waals surface area contributed by atoms with Crippen LogP contribution in [0.3, 0.4) is 0 Å². The van der Waals surface area contributed by atoms with Gasteiger partial charge in [-0.1, -0.05) is 6.07 Å². The molecule has 0 aliphatic carbocycles. The van der Waals surface area contributed by atoms with Crippen LogP contribution in [0, 0.1) is 0 Å². The quantitative estimate of drug-likeness (QED) is 0.598. The number of ether oxygens (including phenoxy) is 1. The number of amides is 2. The number of carboxylic acid groups (broad SMARTS) is 2. The fraction of sp³-hybridized carbons (Fsp3) is 0.308. The van der Waals surface area contributed by atoms with Crippen molar-refractivity contribution in [1.82, 2.24) is 5.32 Å². The van der Waals surface area contributed by atoms with Gasteiger partial charge >= 0.3 is 18.0 Å². The van der Waals surface area contributed by atoms with E-state index in [-0.39, 0.29) is 0 Å². The van der Waals surface area contributed by atoms with Crippen LogP contribution in [0.15, 0.2) is 24.3 Å². The van der Waals surface area contributed by atoms with Crippen molar-refractivity contribution in [3.05, 3.63) is 24.3 Å². The number of carbonyl (C=O) groups is 3. The smallest absolute Gasteiger partial charge is 0.326 e. The SMILES string of the molecule is CCOc1cccc(NC(=O)NC(CC(=O)O)C(=O)O)c1. The van der Waals surface area contributed by atoms with E-state index >= 15 is 0 Å². The Morgan fingerprint density at radius 1 is 1.29 bits per heavy atom. The molecular formula is C13H16N2O6. The van der Waals surface area contributed by atoms with E-state index in [4.69, 9.17) is 14.9 Å². The first-order valence-corrected chi connectivity index (χ1v) is 6.17. The van der Waals surface area contributed by atoms with E-state index in [1.165, 1.54) is 0 Å². The minimum atomic E-state index is -1.50. The molecule has 2 amide bonds. The van der Waals surface area contributed by atoms with Gasteiger partial charge < -0.3 is 25.6 Å². The van der Waals surface area contributed by atoms with Gasteiger partial charge in [0.05, 0.1) is 13.0 Å². The highest BCUT2D eigenvalue weighted by molar-refractivity contribution is 5.93. The lowest BCUT2D eigenvalue weighted by molar-refractivity contribution is -0.145. The Morgan fingerprint density at radius 3 is 2.57 bits per heavy atom. The predicted octanol–water partition coefficient (Wildman–Crippen LogP) is 1.13. The van der Waals surface area contributed by atoms with Gasteiger partial charge in [-0.25, -0.2) is 9.59 Å². The highest BCUT2D eigenvalue weighted by Gasteiger charge is 2.22. The molecule has 21 heavy (non-hydrogen) atoms. The Morgan fingerprint density at radius 2 is 2.00 bits per heavy atom. The third-order valence-corrected chi connectivity index (χ3v) is 2.39. The van der Waals surface area contributed by atoms with Crippen molar-refractivity contribution in [3.8, 4) is 5.75 Å². The van der Waals surface area contributed by atoms with Crippen LogP contribution in [-0.2, 0) is 9.59 Å². The molecule has 0 spiro atoms. The molecule has 0 aromatic heterocycles. The predicted molar refractivity (Wildman–Crippen MR) is 73.4 cm³/mol. The topological polar surface area (TPSA) is 125 Å². The minimum Gasteiger partial charge on any atom is -0.494 e. The van der Waals surface area contributed by atoms with Crippen LogP contribution in [0.5, 0.6) is 5.75 Å². The minimum absolute atomic E-state index is 0.401. The van der Waals surface area contributed by atoms with E-state index in [1.807, 2.05) is 6.92 Å². The molecule has 0 fully saturated rings. The maximum absolute atomic E-state index is 11.7. The Kier molecular flexibility index (Phi) is 5.99. The standard InChI is InChI=1S/C13H16N2O6/c1-2-21-9-5-3-4-8(6-9)14-13(20)15-10(12(18)19)7-11(16)17/h3-6,10H,2,7H2,1H3,(H,16,17)(H,18,19)(H2,14,15,20). The van der Waals surface area contributed by atoms with Crippen molar-refractivity contribution in [1.29, 1.82) is 0 Å². The van der Waals surface area contributed by atoms with Gasteiger partial charge in [0.25, 0.3) is 0 Å². The molecule has 0 aliphatic rings. The summed E-state index contributed by atoms with van der Waals surface area (Å²) in [6, 6.07) is 4.21. The van der Waals surface area contributed by atoms with E-state index < -0.39 is 30.4 Å². The van der Waals surface area contributed by atoms with Gasteiger partial charge in [-0.15, -0.1) is 0 Å². The zero-order valence-electron chi connectivity index (χ0n) is 11.3. The second kappa shape index (κ2) is 7.73. The zero-order chi connectivity index (χ0) is 15.8. The van der Waals surface area contributed by atoms with Crippen molar-refractivity contribution in [2.75, 3.05) is 11.9 Å². The van der Waals surface area contributed by atoms with Gasteiger partial charge in [0.1, 0.15) is 11.8 Å². The Balaban J connectivity index is 2.65. The molecule has 0 radical (unpaired) electrons. The third kappa shape index (κ3) is 5.81. The largest absolute Gasteiger partial charge is 0.494 e. The second-order valence-corrected chi connectivity index (χ2v) is 4.05. The maximum atomic E-state index is 11.7. The summed E-state index contributed by atoms with van der Waals surface area (Å²) in [7, 11) is 0. The summed E-state index contributed by atoms with van der Waals surface area (Å²) in [6.45, 7) is 2.28. The maximum Gasteiger partial charge on any atom is 0.326 e. The highest BCUT2D eigenvalue weighted by atomic mass is 16.5. The lowest BCUT2D eigenvalue weighted by Gasteiger charge is -2.13. The molecule has 1 rings (SSSR count). The van der Waals surface area contributed by atoms with E-state index in [9.17, 15) is 14.4 Å². The van der Waals surface area contributed by atoms with Crippen molar-refractivity contribution in [2.45, 2.75) is 19.4 Å². The van der Waals surface area contributed by atoms with E-state index in [1.54, 1.807) is 24.3 Å². The first-order chi connectivity index (χ1) is 9.92. The van der Waals surface area contributed by atoms with Crippen LogP contribution in [0.4, 0.5) is 10.5 Å². The summed E-state index contributed by atoms with van der Waals surface area (Å²) >= 11 is 0. The Hall–Kier alpha value is -2.77. The van der Waals surface area contributed by atoms with Crippen molar-refractivity contribution >= 4 is 23.7 Å². The molecule has 8 nitrogen and oxygen atoms in total. The number of benzene rings is 1. The molecular weight excluding hydrogens is 280 g/mol. The number of aliphatic carboxylic acids is 2. The average Bonchev–Trinajstić information content (AvgIpc) is 2.38. The second-order valence-electron chi connectivity index (χ2n) is 4.05. The normalized spacial score (nSPS) is 11.3. The molecule has 8 heteroatoms. The Bertz CT molecular complexity index is 531. The average molecular weight is 296 g/mol. The first kappa shape index (κ1) is 16.3. The van der Waals surface area contributed by atoms with Crippen molar-refractivity contribution in [2.24, 2.45) is 0 Å². The summed E-state index contributed by atoms with van der Waals surface area (Å²) < 4.78 is 5.26. The van der Waals surface area contributed by atoms with Crippen LogP contribution in [0.1, 0.15) is 13.3 Å². The van der Waals surface area contributed by atoms with Crippen LogP contribution in [-0.4, -0.2) is 40.8 Å². The summed E-state index contributed by atoms with van der Waals surface area (Å²) in [5.41, 5.74) is 0.401. The lowest BCUT2D eigenvalue weighted by Crippen LogP contribution is -2.44. The van der Waals surface area contributed by atoms with Gasteiger partial charge in [-0.05, 0) is 19.1 Å². The third-order valence-electron chi connectivity index (χ3n) is 2.39. The number of anilines is 1. The monoisotopic (exact) mass is 296 g/mol. The molecule has 1 aromatic rings. The number of carboxylic acids is 2. The molecule has 1 atom stereocenters. The number of carbonyl (C=O) groups excluding carboxylic acids is 1. The molecule has 0 saturated heterocycles. The van der Waals surface area contributed by atoms with Crippen LogP contribution in [0.2, 0.25) is 0 Å². The van der Waals surface area contributed by atoms with Crippen molar-refractivity contribution < 1.29 is 29.3 Å². The fourth-order valence-electron chi connectivity index (χ4n) is 1.53. The molecule has 1 aromatic carbocycles. The number of hydrogen-bond donors (Lipinski definition) is 4. The van der Waals surface area contributed by atoms with E-state index in [0.717, 1.165) is 0 Å². The number of nitrogens with one attached hydrogen (secondary N) is 2. The zero-order valence-corrected chi connectivity index (χ0v) is 11.3. The van der Waals surface area contributed by atoms with Gasteiger partial charge in [0.15, 0.2) is 0 Å². The lowest BCUT2D eigenvalue weighted by atomic mass is 10.2. The molecule has 0 saturated carbocycles. The molecule has 0 heterocycles. The molecule has 0 bridgehead atoms. The molecule has 4 N–H and O–H groups in total. The van der Waals surface area contributed by atoms with Crippen LogP contribution < -0.4 is 15.4 Å². The van der Waals surface area contributed by atoms with Gasteiger partial charge in [-0.3, -0.25) is 4.79 Å². The van der Waals surface area contributed by atoms with Gasteiger partial charge in [0.2, 0.25) is 0 Å². The van der Waals surface area contributed by atoms with Crippen LogP contribution in [0.25, 0.3) is 0 Å². The molecule has 0 aliphatic heterocycles.